The molecule has 1 saturated carbocycles. The van der Waals surface area contributed by atoms with E-state index in [1.807, 2.05) is 32.9 Å². The molecule has 5 heteroatoms. The maximum atomic E-state index is 12.1. The maximum absolute atomic E-state index is 12.1. The van der Waals surface area contributed by atoms with E-state index in [-0.39, 0.29) is 6.09 Å². The van der Waals surface area contributed by atoms with Gasteiger partial charge in [0.05, 0.1) is 0 Å². The molecule has 0 unspecified atom stereocenters. The molecular formula is C20H25NO4. The Hall–Kier alpha value is -2.30. The van der Waals surface area contributed by atoms with Crippen LogP contribution in [0.1, 0.15) is 51.2 Å². The van der Waals surface area contributed by atoms with Crippen molar-refractivity contribution < 1.29 is 19.1 Å². The second kappa shape index (κ2) is 6.54. The van der Waals surface area contributed by atoms with Crippen molar-refractivity contribution in [3.8, 4) is 0 Å². The molecule has 1 heterocycles. The quantitative estimate of drug-likeness (QED) is 0.779. The molecule has 0 N–H and O–H groups in total. The van der Waals surface area contributed by atoms with Gasteiger partial charge in [-0.1, -0.05) is 30.3 Å². The Labute approximate surface area is 148 Å². The number of hydrogen-bond acceptors (Lipinski definition) is 4. The molecule has 3 rings (SSSR count). The Bertz CT molecular complexity index is 681. The summed E-state index contributed by atoms with van der Waals surface area (Å²) in [4.78, 5) is 24.5. The fraction of sp³-hybridized carbons (Fsp3) is 0.500. The fourth-order valence-electron chi connectivity index (χ4n) is 3.09. The van der Waals surface area contributed by atoms with Gasteiger partial charge in [-0.25, -0.2) is 4.79 Å². The van der Waals surface area contributed by atoms with Crippen LogP contribution in [0.4, 0.5) is 4.79 Å². The molecule has 1 aliphatic carbocycles. The van der Waals surface area contributed by atoms with Gasteiger partial charge in [-0.3, -0.25) is 4.79 Å². The van der Waals surface area contributed by atoms with Crippen molar-refractivity contribution in [2.45, 2.75) is 51.2 Å². The van der Waals surface area contributed by atoms with Crippen molar-refractivity contribution in [2.75, 3.05) is 13.1 Å². The number of amides is 1. The minimum atomic E-state index is -0.473. The Kier molecular flexibility index (Phi) is 4.58. The number of ether oxygens (including phenoxy) is 2. The van der Waals surface area contributed by atoms with Gasteiger partial charge in [-0.2, -0.15) is 0 Å². The molecule has 0 atom stereocenters. The molecule has 0 aromatic heterocycles. The van der Waals surface area contributed by atoms with Crippen LogP contribution < -0.4 is 0 Å². The molecule has 0 bridgehead atoms. The fourth-order valence-corrected chi connectivity index (χ4v) is 3.09. The van der Waals surface area contributed by atoms with E-state index in [4.69, 9.17) is 9.47 Å². The first kappa shape index (κ1) is 17.5. The van der Waals surface area contributed by atoms with Crippen LogP contribution in [0.15, 0.2) is 30.3 Å². The van der Waals surface area contributed by atoms with Crippen LogP contribution >= 0.6 is 0 Å². The van der Waals surface area contributed by atoms with Crippen LogP contribution in [0.25, 0.3) is 5.57 Å². The highest BCUT2D eigenvalue weighted by Crippen LogP contribution is 2.48. The van der Waals surface area contributed by atoms with E-state index >= 15 is 0 Å². The van der Waals surface area contributed by atoms with E-state index in [0.717, 1.165) is 30.4 Å². The molecule has 5 nitrogen and oxygen atoms in total. The Morgan fingerprint density at radius 1 is 1.20 bits per heavy atom. The monoisotopic (exact) mass is 343 g/mol. The lowest BCUT2D eigenvalue weighted by molar-refractivity contribution is -0.136. The molecule has 2 aliphatic rings. The summed E-state index contributed by atoms with van der Waals surface area (Å²) in [6.07, 6.45) is 4.39. The van der Waals surface area contributed by atoms with Gasteiger partial charge >= 0.3 is 6.09 Å². The lowest BCUT2D eigenvalue weighted by Crippen LogP contribution is -2.39. The number of nitrogens with zero attached hydrogens (tertiary/aromatic N) is 1. The molecule has 0 saturated heterocycles. The zero-order chi connectivity index (χ0) is 18.1. The van der Waals surface area contributed by atoms with E-state index in [1.165, 1.54) is 5.57 Å². The summed E-state index contributed by atoms with van der Waals surface area (Å²) in [5.74, 6) is 0. The first-order chi connectivity index (χ1) is 11.8. The van der Waals surface area contributed by atoms with E-state index in [9.17, 15) is 9.59 Å². The van der Waals surface area contributed by atoms with Crippen LogP contribution in [0.5, 0.6) is 0 Å². The first-order valence-corrected chi connectivity index (χ1v) is 8.72. The molecular weight excluding hydrogens is 318 g/mol. The smallest absolute Gasteiger partial charge is 0.410 e. The molecule has 0 spiro atoms. The molecule has 1 aromatic rings. The van der Waals surface area contributed by atoms with Gasteiger partial charge in [-0.15, -0.1) is 0 Å². The summed E-state index contributed by atoms with van der Waals surface area (Å²) >= 11 is 0. The van der Waals surface area contributed by atoms with Crippen molar-refractivity contribution in [1.29, 1.82) is 0 Å². The summed E-state index contributed by atoms with van der Waals surface area (Å²) in [5, 5.41) is 0. The highest BCUT2D eigenvalue weighted by molar-refractivity contribution is 5.72. The second-order valence-electron chi connectivity index (χ2n) is 7.69. The Morgan fingerprint density at radius 2 is 1.88 bits per heavy atom. The van der Waals surface area contributed by atoms with E-state index in [0.29, 0.717) is 19.6 Å². The van der Waals surface area contributed by atoms with Crippen LogP contribution in [-0.2, 0) is 19.9 Å². The van der Waals surface area contributed by atoms with Crippen molar-refractivity contribution in [2.24, 2.45) is 0 Å². The predicted octanol–water partition coefficient (Wildman–Crippen LogP) is 3.87. The van der Waals surface area contributed by atoms with Gasteiger partial charge in [0.2, 0.25) is 0 Å². The molecule has 1 aromatic carbocycles. The predicted molar refractivity (Wildman–Crippen MR) is 94.9 cm³/mol. The topological polar surface area (TPSA) is 55.8 Å². The number of benzene rings is 1. The summed E-state index contributed by atoms with van der Waals surface area (Å²) < 4.78 is 10.7. The molecule has 0 radical (unpaired) electrons. The van der Waals surface area contributed by atoms with Crippen molar-refractivity contribution in [3.63, 3.8) is 0 Å². The minimum Gasteiger partial charge on any atom is -0.456 e. The van der Waals surface area contributed by atoms with Crippen LogP contribution in [0.3, 0.4) is 0 Å². The van der Waals surface area contributed by atoms with E-state index in [2.05, 4.69) is 18.2 Å². The zero-order valence-corrected chi connectivity index (χ0v) is 15.1. The van der Waals surface area contributed by atoms with Crippen LogP contribution in [-0.4, -0.2) is 36.2 Å². The number of carbonyl (C=O) groups excluding carboxylic acids is 2. The van der Waals surface area contributed by atoms with Crippen molar-refractivity contribution >= 4 is 18.1 Å². The maximum Gasteiger partial charge on any atom is 0.410 e. The molecule has 1 aliphatic heterocycles. The van der Waals surface area contributed by atoms with E-state index in [1.54, 1.807) is 4.90 Å². The standard InChI is InChI=1S/C20H25NO4/c1-19(2,3)25-18(23)21-12-8-16(9-13-21)15-4-6-17(7-5-15)20(10-11-20)24-14-22/h4-8,14H,9-13H2,1-3H3. The van der Waals surface area contributed by atoms with Gasteiger partial charge in [0.25, 0.3) is 6.47 Å². The molecule has 25 heavy (non-hydrogen) atoms. The second-order valence-corrected chi connectivity index (χ2v) is 7.69. The van der Waals surface area contributed by atoms with Gasteiger partial charge in [-0.05, 0) is 56.7 Å². The average molecular weight is 343 g/mol. The van der Waals surface area contributed by atoms with Crippen molar-refractivity contribution in [1.82, 2.24) is 4.90 Å². The van der Waals surface area contributed by atoms with E-state index < -0.39 is 11.2 Å². The third-order valence-electron chi connectivity index (χ3n) is 4.62. The first-order valence-electron chi connectivity index (χ1n) is 8.72. The zero-order valence-electron chi connectivity index (χ0n) is 15.1. The third kappa shape index (κ3) is 4.03. The summed E-state index contributed by atoms with van der Waals surface area (Å²) in [6.45, 7) is 7.37. The summed E-state index contributed by atoms with van der Waals surface area (Å²) in [7, 11) is 0. The van der Waals surface area contributed by atoms with Crippen LogP contribution in [0, 0.1) is 0 Å². The molecule has 1 fully saturated rings. The summed E-state index contributed by atoms with van der Waals surface area (Å²) in [6, 6.07) is 8.21. The number of hydrogen-bond donors (Lipinski definition) is 0. The largest absolute Gasteiger partial charge is 0.456 e. The lowest BCUT2D eigenvalue weighted by atomic mass is 9.97. The van der Waals surface area contributed by atoms with Crippen molar-refractivity contribution in [3.05, 3.63) is 41.5 Å². The number of carbonyl (C=O) groups is 2. The van der Waals surface area contributed by atoms with Gasteiger partial charge in [0.15, 0.2) is 0 Å². The van der Waals surface area contributed by atoms with Gasteiger partial charge in [0, 0.05) is 13.1 Å². The molecule has 1 amide bonds. The highest BCUT2D eigenvalue weighted by Gasteiger charge is 2.46. The Balaban J connectivity index is 1.64. The van der Waals surface area contributed by atoms with Gasteiger partial charge < -0.3 is 14.4 Å². The average Bonchev–Trinajstić information content (AvgIpc) is 3.35. The molecule has 134 valence electrons. The van der Waals surface area contributed by atoms with Gasteiger partial charge in [0.1, 0.15) is 11.2 Å². The van der Waals surface area contributed by atoms with Crippen LogP contribution in [0.2, 0.25) is 0 Å². The lowest BCUT2D eigenvalue weighted by Gasteiger charge is -2.29. The normalized spacial score (nSPS) is 19.0. The number of rotatable bonds is 4. The summed E-state index contributed by atoms with van der Waals surface area (Å²) in [5.41, 5.74) is 2.56. The third-order valence-corrected chi connectivity index (χ3v) is 4.62. The minimum absolute atomic E-state index is 0.264. The Morgan fingerprint density at radius 3 is 2.36 bits per heavy atom. The highest BCUT2D eigenvalue weighted by atomic mass is 16.6. The SMILES string of the molecule is CC(C)(C)OC(=O)N1CC=C(c2ccc(C3(OC=O)CC3)cc2)CC1.